The highest BCUT2D eigenvalue weighted by atomic mass is 32.2. The van der Waals surface area contributed by atoms with Gasteiger partial charge in [-0.2, -0.15) is 0 Å². The number of hydrogen-bond acceptors (Lipinski definition) is 4. The Labute approximate surface area is 130 Å². The van der Waals surface area contributed by atoms with Gasteiger partial charge in [-0.3, -0.25) is 4.79 Å². The van der Waals surface area contributed by atoms with E-state index in [1.807, 2.05) is 4.90 Å². The molecule has 0 aromatic carbocycles. The predicted molar refractivity (Wildman–Crippen MR) is 83.4 cm³/mol. The number of carbonyl (C=O) groups excluding carboxylic acids is 1. The molecule has 2 aliphatic rings. The van der Waals surface area contributed by atoms with E-state index in [0.717, 1.165) is 36.8 Å². The third-order valence-electron chi connectivity index (χ3n) is 4.74. The van der Waals surface area contributed by atoms with E-state index >= 15 is 0 Å². The topological polar surface area (TPSA) is 54.5 Å². The number of nitrogens with zero attached hydrogens (tertiary/aromatic N) is 1. The van der Waals surface area contributed by atoms with Crippen molar-refractivity contribution < 1.29 is 13.2 Å². The first-order valence-corrected chi connectivity index (χ1v) is 10.2. The monoisotopic (exact) mass is 327 g/mol. The van der Waals surface area contributed by atoms with Gasteiger partial charge in [-0.1, -0.05) is 25.7 Å². The number of carbonyl (C=O) groups is 1. The Hall–Kier alpha value is -0.880. The maximum atomic E-state index is 12.5. The summed E-state index contributed by atoms with van der Waals surface area (Å²) in [6, 6.07) is 3.18. The zero-order valence-corrected chi connectivity index (χ0v) is 13.9. The molecule has 2 heterocycles. The molecule has 1 aromatic rings. The Kier molecular flexibility index (Phi) is 4.10. The van der Waals surface area contributed by atoms with Gasteiger partial charge in [0.1, 0.15) is 4.21 Å². The predicted octanol–water partition coefficient (Wildman–Crippen LogP) is 2.80. The molecule has 1 aromatic heterocycles. The summed E-state index contributed by atoms with van der Waals surface area (Å²) in [7, 11) is -3.22. The van der Waals surface area contributed by atoms with Crippen molar-refractivity contribution in [2.45, 2.75) is 36.3 Å². The summed E-state index contributed by atoms with van der Waals surface area (Å²) in [4.78, 5) is 14.9. The number of sulfone groups is 1. The van der Waals surface area contributed by atoms with Crippen LogP contribution in [0.2, 0.25) is 0 Å². The quantitative estimate of drug-likeness (QED) is 0.858. The lowest BCUT2D eigenvalue weighted by Gasteiger charge is -2.19. The molecular weight excluding hydrogens is 306 g/mol. The van der Waals surface area contributed by atoms with E-state index in [0.29, 0.717) is 10.8 Å². The first-order valence-electron chi connectivity index (χ1n) is 7.54. The SMILES string of the molecule is CS(=O)(=O)c1ccc(C(=O)N2CCC(C3CCCC3)C2)s1. The molecule has 0 radical (unpaired) electrons. The van der Waals surface area contributed by atoms with Gasteiger partial charge < -0.3 is 4.90 Å². The van der Waals surface area contributed by atoms with Gasteiger partial charge in [0, 0.05) is 19.3 Å². The molecule has 1 amide bonds. The highest BCUT2D eigenvalue weighted by Gasteiger charge is 2.33. The summed E-state index contributed by atoms with van der Waals surface area (Å²) >= 11 is 1.09. The summed E-state index contributed by atoms with van der Waals surface area (Å²) in [6.45, 7) is 1.65. The zero-order valence-electron chi connectivity index (χ0n) is 12.2. The molecule has 1 saturated heterocycles. The highest BCUT2D eigenvalue weighted by molar-refractivity contribution is 7.92. The molecule has 1 saturated carbocycles. The molecule has 21 heavy (non-hydrogen) atoms. The van der Waals surface area contributed by atoms with Gasteiger partial charge in [-0.25, -0.2) is 8.42 Å². The molecular formula is C15H21NO3S2. The van der Waals surface area contributed by atoms with Crippen LogP contribution >= 0.6 is 11.3 Å². The van der Waals surface area contributed by atoms with Crippen molar-refractivity contribution >= 4 is 27.1 Å². The highest BCUT2D eigenvalue weighted by Crippen LogP contribution is 2.37. The summed E-state index contributed by atoms with van der Waals surface area (Å²) in [5.74, 6) is 1.43. The van der Waals surface area contributed by atoms with Crippen LogP contribution in [0.3, 0.4) is 0 Å². The molecule has 4 nitrogen and oxygen atoms in total. The number of rotatable bonds is 3. The lowest BCUT2D eigenvalue weighted by molar-refractivity contribution is 0.0787. The van der Waals surface area contributed by atoms with Crippen LogP contribution in [0.15, 0.2) is 16.3 Å². The van der Waals surface area contributed by atoms with Crippen LogP contribution in [0, 0.1) is 11.8 Å². The smallest absolute Gasteiger partial charge is 0.263 e. The van der Waals surface area contributed by atoms with E-state index in [1.165, 1.54) is 38.0 Å². The minimum Gasteiger partial charge on any atom is -0.338 e. The van der Waals surface area contributed by atoms with E-state index in [4.69, 9.17) is 0 Å². The van der Waals surface area contributed by atoms with Crippen molar-refractivity contribution in [2.24, 2.45) is 11.8 Å². The lowest BCUT2D eigenvalue weighted by Crippen LogP contribution is -2.29. The summed E-state index contributed by atoms with van der Waals surface area (Å²) in [5, 5.41) is 0. The van der Waals surface area contributed by atoms with Crippen molar-refractivity contribution in [1.29, 1.82) is 0 Å². The average molecular weight is 327 g/mol. The van der Waals surface area contributed by atoms with Crippen molar-refractivity contribution in [1.82, 2.24) is 4.90 Å². The third kappa shape index (κ3) is 3.16. The van der Waals surface area contributed by atoms with E-state index < -0.39 is 9.84 Å². The minimum absolute atomic E-state index is 0.00426. The maximum Gasteiger partial charge on any atom is 0.263 e. The molecule has 1 atom stereocenters. The molecule has 0 bridgehead atoms. The van der Waals surface area contributed by atoms with Gasteiger partial charge >= 0.3 is 0 Å². The Balaban J connectivity index is 1.67. The normalized spacial score (nSPS) is 23.9. The Morgan fingerprint density at radius 2 is 1.90 bits per heavy atom. The molecule has 1 unspecified atom stereocenters. The fourth-order valence-electron chi connectivity index (χ4n) is 3.58. The number of amides is 1. The molecule has 6 heteroatoms. The average Bonchev–Trinajstić information content (AvgIpc) is 3.17. The maximum absolute atomic E-state index is 12.5. The summed E-state index contributed by atoms with van der Waals surface area (Å²) < 4.78 is 23.3. The first-order chi connectivity index (χ1) is 9.95. The fourth-order valence-corrected chi connectivity index (χ4v) is 5.47. The lowest BCUT2D eigenvalue weighted by atomic mass is 9.90. The van der Waals surface area contributed by atoms with Crippen molar-refractivity contribution in [3.05, 3.63) is 17.0 Å². The zero-order chi connectivity index (χ0) is 15.0. The van der Waals surface area contributed by atoms with Crippen LogP contribution in [-0.2, 0) is 9.84 Å². The number of hydrogen-bond donors (Lipinski definition) is 0. The second kappa shape index (κ2) is 5.72. The minimum atomic E-state index is -3.22. The van der Waals surface area contributed by atoms with Crippen LogP contribution in [0.5, 0.6) is 0 Å². The van der Waals surface area contributed by atoms with E-state index in [-0.39, 0.29) is 10.1 Å². The van der Waals surface area contributed by atoms with Crippen LogP contribution in [0.4, 0.5) is 0 Å². The van der Waals surface area contributed by atoms with Gasteiger partial charge in [0.05, 0.1) is 4.88 Å². The van der Waals surface area contributed by atoms with E-state index in [1.54, 1.807) is 6.07 Å². The van der Waals surface area contributed by atoms with Crippen molar-refractivity contribution in [3.63, 3.8) is 0 Å². The Bertz CT molecular complexity index is 629. The van der Waals surface area contributed by atoms with Gasteiger partial charge in [0.25, 0.3) is 5.91 Å². The Morgan fingerprint density at radius 3 is 2.52 bits per heavy atom. The molecule has 1 aliphatic heterocycles. The largest absolute Gasteiger partial charge is 0.338 e. The number of thiophene rings is 1. The van der Waals surface area contributed by atoms with Crippen LogP contribution in [-0.4, -0.2) is 38.6 Å². The number of likely N-dealkylation sites (tertiary alicyclic amines) is 1. The van der Waals surface area contributed by atoms with E-state index in [9.17, 15) is 13.2 Å². The molecule has 3 rings (SSSR count). The van der Waals surface area contributed by atoms with E-state index in [2.05, 4.69) is 0 Å². The molecule has 116 valence electrons. The molecule has 1 aliphatic carbocycles. The van der Waals surface area contributed by atoms with Crippen molar-refractivity contribution in [3.8, 4) is 0 Å². The standard InChI is InChI=1S/C15H21NO3S2/c1-21(18,19)14-7-6-13(20-14)15(17)16-9-8-12(10-16)11-4-2-3-5-11/h6-7,11-12H,2-5,8-10H2,1H3. The van der Waals surface area contributed by atoms with Crippen LogP contribution < -0.4 is 0 Å². The molecule has 0 N–H and O–H groups in total. The summed E-state index contributed by atoms with van der Waals surface area (Å²) in [6.07, 6.45) is 7.56. The van der Waals surface area contributed by atoms with Crippen LogP contribution in [0.1, 0.15) is 41.8 Å². The molecule has 2 fully saturated rings. The van der Waals surface area contributed by atoms with Crippen LogP contribution in [0.25, 0.3) is 0 Å². The fraction of sp³-hybridized carbons (Fsp3) is 0.667. The van der Waals surface area contributed by atoms with Gasteiger partial charge in [-0.15, -0.1) is 11.3 Å². The summed E-state index contributed by atoms with van der Waals surface area (Å²) in [5.41, 5.74) is 0. The first kappa shape index (κ1) is 15.0. The molecule has 0 spiro atoms. The van der Waals surface area contributed by atoms with Crippen molar-refractivity contribution in [2.75, 3.05) is 19.3 Å². The third-order valence-corrected chi connectivity index (χ3v) is 7.63. The van der Waals surface area contributed by atoms with Gasteiger partial charge in [-0.05, 0) is 30.4 Å². The Morgan fingerprint density at radius 1 is 1.19 bits per heavy atom. The van der Waals surface area contributed by atoms with Gasteiger partial charge in [0.15, 0.2) is 9.84 Å². The second-order valence-electron chi connectivity index (χ2n) is 6.24. The second-order valence-corrected chi connectivity index (χ2v) is 9.56. The van der Waals surface area contributed by atoms with Gasteiger partial charge in [0.2, 0.25) is 0 Å².